The Bertz CT molecular complexity index is 684. The molecule has 0 aromatic heterocycles. The Balaban J connectivity index is 1.97. The Morgan fingerprint density at radius 3 is 2.45 bits per heavy atom. The monoisotopic (exact) mass is 293 g/mol. The van der Waals surface area contributed by atoms with E-state index in [4.69, 9.17) is 0 Å². The van der Waals surface area contributed by atoms with E-state index in [0.29, 0.717) is 12.0 Å². The van der Waals surface area contributed by atoms with Gasteiger partial charge >= 0.3 is 0 Å². The maximum absolute atomic E-state index is 13.1. The van der Waals surface area contributed by atoms with Crippen molar-refractivity contribution in [2.75, 3.05) is 6.54 Å². The smallest absolute Gasteiger partial charge is 0.211 e. The Kier molecular flexibility index (Phi) is 4.52. The van der Waals surface area contributed by atoms with Crippen LogP contribution in [0, 0.1) is 12.7 Å². The molecule has 0 saturated carbocycles. The predicted molar refractivity (Wildman–Crippen MR) is 76.5 cm³/mol. The first-order valence-electron chi connectivity index (χ1n) is 6.29. The molecule has 106 valence electrons. The number of hydrogen-bond acceptors (Lipinski definition) is 2. The zero-order chi connectivity index (χ0) is 14.6. The lowest BCUT2D eigenvalue weighted by atomic mass is 10.1. The first kappa shape index (κ1) is 14.7. The summed E-state index contributed by atoms with van der Waals surface area (Å²) in [6.07, 6.45) is 0.521. The first-order valence-corrected chi connectivity index (χ1v) is 7.77. The summed E-state index contributed by atoms with van der Waals surface area (Å²) in [5, 5.41) is 0. The van der Waals surface area contributed by atoms with Crippen LogP contribution in [0.3, 0.4) is 0 Å². The fourth-order valence-electron chi connectivity index (χ4n) is 1.88. The lowest BCUT2D eigenvalue weighted by Gasteiger charge is -2.07. The Morgan fingerprint density at radius 2 is 1.80 bits per heavy atom. The van der Waals surface area contributed by atoms with Crippen molar-refractivity contribution in [1.29, 1.82) is 0 Å². The number of halogens is 1. The van der Waals surface area contributed by atoms with Gasteiger partial charge in [0.25, 0.3) is 0 Å². The molecule has 0 fully saturated rings. The normalized spacial score (nSPS) is 11.5. The lowest BCUT2D eigenvalue weighted by molar-refractivity contribution is 0.581. The van der Waals surface area contributed by atoms with Gasteiger partial charge in [0, 0.05) is 6.54 Å². The molecule has 1 N–H and O–H groups in total. The molecule has 0 saturated heterocycles. The van der Waals surface area contributed by atoms with E-state index in [0.717, 1.165) is 5.56 Å². The van der Waals surface area contributed by atoms with Crippen LogP contribution in [0.15, 0.2) is 53.4 Å². The van der Waals surface area contributed by atoms with Crippen LogP contribution in [0.1, 0.15) is 11.1 Å². The number of hydrogen-bond donors (Lipinski definition) is 1. The Hall–Kier alpha value is -1.72. The van der Waals surface area contributed by atoms with Crippen molar-refractivity contribution in [3.05, 3.63) is 65.5 Å². The van der Waals surface area contributed by atoms with Gasteiger partial charge in [0.2, 0.25) is 10.0 Å². The summed E-state index contributed by atoms with van der Waals surface area (Å²) in [6.45, 7) is 1.97. The number of aryl methyl sites for hydroxylation is 1. The van der Waals surface area contributed by atoms with Crippen LogP contribution in [-0.4, -0.2) is 15.0 Å². The second-order valence-electron chi connectivity index (χ2n) is 4.54. The van der Waals surface area contributed by atoms with Gasteiger partial charge in [-0.1, -0.05) is 30.3 Å². The van der Waals surface area contributed by atoms with E-state index < -0.39 is 10.0 Å². The SMILES string of the molecule is Cc1cc(CCNS(=O)(=O)c2ccccc2)ccc1F. The second kappa shape index (κ2) is 6.15. The van der Waals surface area contributed by atoms with Crippen LogP contribution in [-0.2, 0) is 16.4 Å². The van der Waals surface area contributed by atoms with Gasteiger partial charge in [-0.25, -0.2) is 17.5 Å². The quantitative estimate of drug-likeness (QED) is 0.921. The molecule has 2 aromatic rings. The molecule has 2 rings (SSSR count). The molecular weight excluding hydrogens is 277 g/mol. The minimum Gasteiger partial charge on any atom is -0.211 e. The average Bonchev–Trinajstić information content (AvgIpc) is 2.44. The minimum atomic E-state index is -3.47. The van der Waals surface area contributed by atoms with Gasteiger partial charge in [-0.2, -0.15) is 0 Å². The Morgan fingerprint density at radius 1 is 1.10 bits per heavy atom. The molecule has 0 aliphatic carbocycles. The topological polar surface area (TPSA) is 46.2 Å². The van der Waals surface area contributed by atoms with Crippen molar-refractivity contribution in [1.82, 2.24) is 4.72 Å². The van der Waals surface area contributed by atoms with Crippen molar-refractivity contribution < 1.29 is 12.8 Å². The van der Waals surface area contributed by atoms with Gasteiger partial charge in [-0.05, 0) is 42.7 Å². The lowest BCUT2D eigenvalue weighted by Crippen LogP contribution is -2.25. The van der Waals surface area contributed by atoms with Crippen molar-refractivity contribution in [3.63, 3.8) is 0 Å². The summed E-state index contributed by atoms with van der Waals surface area (Å²) in [7, 11) is -3.47. The molecule has 0 aliphatic rings. The highest BCUT2D eigenvalue weighted by Gasteiger charge is 2.12. The maximum atomic E-state index is 13.1. The molecule has 0 unspecified atom stereocenters. The summed E-state index contributed by atoms with van der Waals surface area (Å²) in [5.74, 6) is -0.251. The summed E-state index contributed by atoms with van der Waals surface area (Å²) < 4.78 is 39.6. The van der Waals surface area contributed by atoms with E-state index in [9.17, 15) is 12.8 Å². The molecule has 5 heteroatoms. The van der Waals surface area contributed by atoms with E-state index in [1.54, 1.807) is 49.4 Å². The molecule has 0 spiro atoms. The third-order valence-electron chi connectivity index (χ3n) is 2.98. The number of benzene rings is 2. The predicted octanol–water partition coefficient (Wildman–Crippen LogP) is 2.66. The van der Waals surface area contributed by atoms with Gasteiger partial charge in [0.05, 0.1) is 4.90 Å². The van der Waals surface area contributed by atoms with Gasteiger partial charge in [0.15, 0.2) is 0 Å². The molecule has 0 amide bonds. The van der Waals surface area contributed by atoms with Gasteiger partial charge < -0.3 is 0 Å². The fraction of sp³-hybridized carbons (Fsp3) is 0.200. The third kappa shape index (κ3) is 3.65. The van der Waals surface area contributed by atoms with Crippen molar-refractivity contribution in [3.8, 4) is 0 Å². The summed E-state index contributed by atoms with van der Waals surface area (Å²) in [5.41, 5.74) is 1.47. The highest BCUT2D eigenvalue weighted by Crippen LogP contribution is 2.10. The van der Waals surface area contributed by atoms with Gasteiger partial charge in [-0.15, -0.1) is 0 Å². The zero-order valence-electron chi connectivity index (χ0n) is 11.1. The molecule has 0 aliphatic heterocycles. The van der Waals surface area contributed by atoms with Crippen LogP contribution in [0.5, 0.6) is 0 Å². The van der Waals surface area contributed by atoms with Crippen molar-refractivity contribution in [2.45, 2.75) is 18.2 Å². The third-order valence-corrected chi connectivity index (χ3v) is 4.46. The molecule has 0 atom stereocenters. The summed E-state index contributed by atoms with van der Waals surface area (Å²) >= 11 is 0. The van der Waals surface area contributed by atoms with E-state index >= 15 is 0 Å². The standard InChI is InChI=1S/C15H16FNO2S/c1-12-11-13(7-8-15(12)16)9-10-17-20(18,19)14-5-3-2-4-6-14/h2-8,11,17H,9-10H2,1H3. The number of rotatable bonds is 5. The van der Waals surface area contributed by atoms with Crippen LogP contribution < -0.4 is 4.72 Å². The average molecular weight is 293 g/mol. The molecule has 20 heavy (non-hydrogen) atoms. The van der Waals surface area contributed by atoms with E-state index in [1.165, 1.54) is 6.07 Å². The van der Waals surface area contributed by atoms with Gasteiger partial charge in [-0.3, -0.25) is 0 Å². The Labute approximate surface area is 118 Å². The van der Waals surface area contributed by atoms with Crippen LogP contribution in [0.4, 0.5) is 4.39 Å². The van der Waals surface area contributed by atoms with Crippen LogP contribution in [0.25, 0.3) is 0 Å². The van der Waals surface area contributed by atoms with Gasteiger partial charge in [0.1, 0.15) is 5.82 Å². The van der Waals surface area contributed by atoms with Crippen LogP contribution >= 0.6 is 0 Å². The van der Waals surface area contributed by atoms with E-state index in [2.05, 4.69) is 4.72 Å². The molecular formula is C15H16FNO2S. The van der Waals surface area contributed by atoms with E-state index in [-0.39, 0.29) is 17.3 Å². The number of sulfonamides is 1. The fourth-order valence-corrected chi connectivity index (χ4v) is 2.93. The van der Waals surface area contributed by atoms with Crippen molar-refractivity contribution >= 4 is 10.0 Å². The highest BCUT2D eigenvalue weighted by molar-refractivity contribution is 7.89. The van der Waals surface area contributed by atoms with Crippen molar-refractivity contribution in [2.24, 2.45) is 0 Å². The molecule has 0 radical (unpaired) electrons. The molecule has 0 heterocycles. The van der Waals surface area contributed by atoms with Crippen LogP contribution in [0.2, 0.25) is 0 Å². The molecule has 3 nitrogen and oxygen atoms in total. The maximum Gasteiger partial charge on any atom is 0.240 e. The largest absolute Gasteiger partial charge is 0.240 e. The molecule has 0 bridgehead atoms. The summed E-state index contributed by atoms with van der Waals surface area (Å²) in [6, 6.07) is 13.0. The zero-order valence-corrected chi connectivity index (χ0v) is 12.0. The van der Waals surface area contributed by atoms with E-state index in [1.807, 2.05) is 0 Å². The minimum absolute atomic E-state index is 0.246. The highest BCUT2D eigenvalue weighted by atomic mass is 32.2. The first-order chi connectivity index (χ1) is 9.49. The second-order valence-corrected chi connectivity index (χ2v) is 6.31. The molecule has 2 aromatic carbocycles. The number of nitrogens with one attached hydrogen (secondary N) is 1. The summed E-state index contributed by atoms with van der Waals surface area (Å²) in [4.78, 5) is 0.246.